The Hall–Kier alpha value is -2.25. The van der Waals surface area contributed by atoms with Gasteiger partial charge in [-0.1, -0.05) is 18.6 Å². The summed E-state index contributed by atoms with van der Waals surface area (Å²) in [6.07, 6.45) is 6.89. The van der Waals surface area contributed by atoms with Crippen LogP contribution in [0, 0.1) is 0 Å². The lowest BCUT2D eigenvalue weighted by atomic mass is 9.95. The largest absolute Gasteiger partial charge is 0.322 e. The van der Waals surface area contributed by atoms with Crippen molar-refractivity contribution in [2.75, 3.05) is 6.54 Å². The van der Waals surface area contributed by atoms with Gasteiger partial charge in [0.2, 0.25) is 11.8 Å². The predicted octanol–water partition coefficient (Wildman–Crippen LogP) is 1.21. The van der Waals surface area contributed by atoms with Gasteiger partial charge >= 0.3 is 0 Å². The minimum atomic E-state index is -0.554. The number of hydrogen-bond acceptors (Lipinski definition) is 5. The Morgan fingerprint density at radius 2 is 2.00 bits per heavy atom. The van der Waals surface area contributed by atoms with Crippen molar-refractivity contribution in [3.8, 4) is 0 Å². The van der Waals surface area contributed by atoms with E-state index in [0.717, 1.165) is 24.2 Å². The molecule has 3 amide bonds. The Labute approximate surface area is 170 Å². The van der Waals surface area contributed by atoms with Gasteiger partial charge in [0, 0.05) is 36.7 Å². The molecule has 29 heavy (non-hydrogen) atoms. The standard InChI is InChI=1S/C22H28N4O3/c27-19-7-6-17(20(28)25-19)26-13-15-5-4-14(11-16(15)21(26)29)12-24-22(8-9-22)18-3-1-2-10-23-18/h4-5,11,17-18,23-24H,1-3,6-10,12-13H2,(H,25,27,28). The highest BCUT2D eigenvalue weighted by molar-refractivity contribution is 6.05. The summed E-state index contributed by atoms with van der Waals surface area (Å²) in [6, 6.07) is 6.06. The second kappa shape index (κ2) is 7.22. The average molecular weight is 396 g/mol. The van der Waals surface area contributed by atoms with Gasteiger partial charge in [-0.25, -0.2) is 0 Å². The highest BCUT2D eigenvalue weighted by Crippen LogP contribution is 2.41. The number of carbonyl (C=O) groups is 3. The summed E-state index contributed by atoms with van der Waals surface area (Å²) >= 11 is 0. The summed E-state index contributed by atoms with van der Waals surface area (Å²) in [5, 5.41) is 9.78. The second-order valence-electron chi connectivity index (χ2n) is 8.90. The zero-order valence-corrected chi connectivity index (χ0v) is 16.6. The monoisotopic (exact) mass is 396 g/mol. The Morgan fingerprint density at radius 3 is 2.72 bits per heavy atom. The minimum Gasteiger partial charge on any atom is -0.322 e. The summed E-state index contributed by atoms with van der Waals surface area (Å²) in [5.41, 5.74) is 2.96. The Bertz CT molecular complexity index is 858. The van der Waals surface area contributed by atoms with Crippen molar-refractivity contribution < 1.29 is 14.4 Å². The van der Waals surface area contributed by atoms with Crippen molar-refractivity contribution in [3.05, 3.63) is 34.9 Å². The molecule has 154 valence electrons. The lowest BCUT2D eigenvalue weighted by Crippen LogP contribution is -2.52. The molecule has 0 radical (unpaired) electrons. The molecular formula is C22H28N4O3. The van der Waals surface area contributed by atoms with E-state index in [9.17, 15) is 14.4 Å². The first-order valence-electron chi connectivity index (χ1n) is 10.8. The molecule has 0 spiro atoms. The molecule has 3 fully saturated rings. The van der Waals surface area contributed by atoms with Crippen molar-refractivity contribution >= 4 is 17.7 Å². The van der Waals surface area contributed by atoms with Crippen LogP contribution >= 0.6 is 0 Å². The smallest absolute Gasteiger partial charge is 0.255 e. The zero-order valence-electron chi connectivity index (χ0n) is 16.6. The second-order valence-corrected chi connectivity index (χ2v) is 8.90. The molecule has 5 rings (SSSR count). The molecule has 1 aliphatic carbocycles. The molecule has 4 aliphatic rings. The molecule has 1 saturated carbocycles. The first kappa shape index (κ1) is 18.8. The molecule has 3 N–H and O–H groups in total. The Kier molecular flexibility index (Phi) is 4.67. The van der Waals surface area contributed by atoms with Gasteiger partial charge in [0.1, 0.15) is 6.04 Å². The number of benzene rings is 1. The number of amides is 3. The molecule has 0 bridgehead atoms. The summed E-state index contributed by atoms with van der Waals surface area (Å²) in [6.45, 7) is 2.29. The third-order valence-electron chi connectivity index (χ3n) is 7.00. The van der Waals surface area contributed by atoms with Crippen molar-refractivity contribution in [1.29, 1.82) is 0 Å². The Balaban J connectivity index is 1.26. The van der Waals surface area contributed by atoms with Crippen molar-refractivity contribution in [3.63, 3.8) is 0 Å². The van der Waals surface area contributed by atoms with E-state index in [-0.39, 0.29) is 29.7 Å². The molecule has 2 unspecified atom stereocenters. The fraction of sp³-hybridized carbons (Fsp3) is 0.591. The van der Waals surface area contributed by atoms with E-state index in [1.807, 2.05) is 12.1 Å². The molecule has 7 nitrogen and oxygen atoms in total. The maximum atomic E-state index is 13.0. The molecule has 2 atom stereocenters. The summed E-state index contributed by atoms with van der Waals surface area (Å²) in [4.78, 5) is 38.2. The van der Waals surface area contributed by atoms with Gasteiger partial charge in [0.05, 0.1) is 0 Å². The first-order chi connectivity index (χ1) is 14.1. The molecule has 7 heteroatoms. The third-order valence-corrected chi connectivity index (χ3v) is 7.00. The van der Waals surface area contributed by atoms with E-state index in [1.165, 1.54) is 32.1 Å². The van der Waals surface area contributed by atoms with Crippen molar-refractivity contribution in [2.24, 2.45) is 0 Å². The van der Waals surface area contributed by atoms with Crippen LogP contribution in [0.1, 0.15) is 66.4 Å². The van der Waals surface area contributed by atoms with E-state index >= 15 is 0 Å². The number of rotatable bonds is 5. The molecule has 3 heterocycles. The van der Waals surface area contributed by atoms with Crippen LogP contribution in [0.25, 0.3) is 0 Å². The number of nitrogens with zero attached hydrogens (tertiary/aromatic N) is 1. The van der Waals surface area contributed by atoms with Crippen LogP contribution in [0.15, 0.2) is 18.2 Å². The molecule has 3 aliphatic heterocycles. The molecule has 2 saturated heterocycles. The molecule has 1 aromatic carbocycles. The van der Waals surface area contributed by atoms with Crippen molar-refractivity contribution in [2.45, 2.75) is 75.7 Å². The van der Waals surface area contributed by atoms with Gasteiger partial charge in [-0.05, 0) is 55.8 Å². The topological polar surface area (TPSA) is 90.5 Å². The van der Waals surface area contributed by atoms with Crippen LogP contribution in [-0.2, 0) is 22.7 Å². The van der Waals surface area contributed by atoms with E-state index < -0.39 is 6.04 Å². The van der Waals surface area contributed by atoms with Crippen LogP contribution in [0.2, 0.25) is 0 Å². The highest BCUT2D eigenvalue weighted by Gasteiger charge is 2.49. The SMILES string of the molecule is O=C1CCC(N2Cc3ccc(CNC4(C5CCCCN5)CC4)cc3C2=O)C(=O)N1. The summed E-state index contributed by atoms with van der Waals surface area (Å²) in [5.74, 6) is -0.725. The van der Waals surface area contributed by atoms with Gasteiger partial charge in [0.25, 0.3) is 5.91 Å². The average Bonchev–Trinajstić information content (AvgIpc) is 3.46. The number of imide groups is 1. The molecule has 1 aromatic rings. The predicted molar refractivity (Wildman–Crippen MR) is 107 cm³/mol. The number of piperidine rings is 2. The van der Waals surface area contributed by atoms with E-state index in [1.54, 1.807) is 4.90 Å². The van der Waals surface area contributed by atoms with Crippen LogP contribution in [0.4, 0.5) is 0 Å². The first-order valence-corrected chi connectivity index (χ1v) is 10.8. The summed E-state index contributed by atoms with van der Waals surface area (Å²) in [7, 11) is 0. The van der Waals surface area contributed by atoms with Gasteiger partial charge in [-0.2, -0.15) is 0 Å². The minimum absolute atomic E-state index is 0.105. The maximum absolute atomic E-state index is 13.0. The number of fused-ring (bicyclic) bond motifs is 1. The number of carbonyl (C=O) groups excluding carboxylic acids is 3. The van der Waals surface area contributed by atoms with Gasteiger partial charge < -0.3 is 15.5 Å². The lowest BCUT2D eigenvalue weighted by molar-refractivity contribution is -0.136. The van der Waals surface area contributed by atoms with Gasteiger partial charge in [-0.3, -0.25) is 19.7 Å². The Morgan fingerprint density at radius 1 is 1.14 bits per heavy atom. The lowest BCUT2D eigenvalue weighted by Gasteiger charge is -2.32. The van der Waals surface area contributed by atoms with E-state index in [2.05, 4.69) is 22.0 Å². The van der Waals surface area contributed by atoms with E-state index in [4.69, 9.17) is 0 Å². The molecule has 0 aromatic heterocycles. The maximum Gasteiger partial charge on any atom is 0.255 e. The fourth-order valence-electron chi connectivity index (χ4n) is 5.10. The van der Waals surface area contributed by atoms with E-state index in [0.29, 0.717) is 24.6 Å². The van der Waals surface area contributed by atoms with Gasteiger partial charge in [0.15, 0.2) is 0 Å². The highest BCUT2D eigenvalue weighted by atomic mass is 16.2. The normalized spacial score (nSPS) is 28.3. The third kappa shape index (κ3) is 3.46. The zero-order chi connectivity index (χ0) is 20.0. The van der Waals surface area contributed by atoms with Crippen molar-refractivity contribution in [1.82, 2.24) is 20.9 Å². The van der Waals surface area contributed by atoms with Crippen LogP contribution in [0.3, 0.4) is 0 Å². The van der Waals surface area contributed by atoms with Crippen LogP contribution < -0.4 is 16.0 Å². The summed E-state index contributed by atoms with van der Waals surface area (Å²) < 4.78 is 0. The molecular weight excluding hydrogens is 368 g/mol. The number of nitrogens with one attached hydrogen (secondary N) is 3. The fourth-order valence-corrected chi connectivity index (χ4v) is 5.10. The number of hydrogen-bond donors (Lipinski definition) is 3. The quantitative estimate of drug-likeness (QED) is 0.651. The van der Waals surface area contributed by atoms with Crippen LogP contribution in [-0.4, -0.2) is 46.8 Å². The van der Waals surface area contributed by atoms with Crippen LogP contribution in [0.5, 0.6) is 0 Å². The van der Waals surface area contributed by atoms with Gasteiger partial charge in [-0.15, -0.1) is 0 Å².